The summed E-state index contributed by atoms with van der Waals surface area (Å²) in [5, 5.41) is 15.2. The molecule has 0 aromatic heterocycles. The minimum Gasteiger partial charge on any atom is -0.396 e. The molecular formula is C28H41N3O5. The number of nitrogens with one attached hydrogen (secondary N) is 2. The number of aryl methyl sites for hydroxylation is 2. The van der Waals surface area contributed by atoms with E-state index in [0.717, 1.165) is 48.9 Å². The van der Waals surface area contributed by atoms with E-state index >= 15 is 0 Å². The van der Waals surface area contributed by atoms with E-state index in [9.17, 15) is 14.4 Å². The molecule has 3 aliphatic heterocycles. The maximum Gasteiger partial charge on any atom is 0.250 e. The molecular weight excluding hydrogens is 458 g/mol. The van der Waals surface area contributed by atoms with Crippen LogP contribution < -0.4 is 10.6 Å². The summed E-state index contributed by atoms with van der Waals surface area (Å²) in [5.74, 6) is -1.84. The molecule has 0 aliphatic carbocycles. The number of rotatable bonds is 11. The number of nitrogens with zero attached hydrogens (tertiary/aromatic N) is 1. The normalized spacial score (nSPS) is 30.5. The summed E-state index contributed by atoms with van der Waals surface area (Å²) in [6, 6.07) is 5.11. The summed E-state index contributed by atoms with van der Waals surface area (Å²) in [6.45, 7) is 8.96. The molecule has 1 aromatic carbocycles. The highest BCUT2D eigenvalue weighted by Gasteiger charge is 2.77. The van der Waals surface area contributed by atoms with Crippen molar-refractivity contribution in [1.82, 2.24) is 10.2 Å². The lowest BCUT2D eigenvalue weighted by Crippen LogP contribution is -2.53. The number of hydrogen-bond acceptors (Lipinski definition) is 5. The second-order valence-electron chi connectivity index (χ2n) is 11.0. The third-order valence-corrected chi connectivity index (χ3v) is 8.31. The van der Waals surface area contributed by atoms with Gasteiger partial charge in [-0.1, -0.05) is 31.9 Å². The van der Waals surface area contributed by atoms with Crippen LogP contribution in [-0.2, 0) is 19.1 Å². The van der Waals surface area contributed by atoms with E-state index in [-0.39, 0.29) is 24.3 Å². The van der Waals surface area contributed by atoms with E-state index in [0.29, 0.717) is 25.9 Å². The lowest BCUT2D eigenvalue weighted by Gasteiger charge is -2.33. The third kappa shape index (κ3) is 4.54. The monoisotopic (exact) mass is 499 g/mol. The van der Waals surface area contributed by atoms with E-state index in [2.05, 4.69) is 10.6 Å². The van der Waals surface area contributed by atoms with Crippen molar-refractivity contribution in [3.63, 3.8) is 0 Å². The van der Waals surface area contributed by atoms with Gasteiger partial charge in [0.05, 0.1) is 17.4 Å². The van der Waals surface area contributed by atoms with Crippen LogP contribution in [0.25, 0.3) is 0 Å². The van der Waals surface area contributed by atoms with E-state index in [1.165, 1.54) is 0 Å². The molecule has 2 unspecified atom stereocenters. The maximum atomic E-state index is 14.0. The molecule has 3 amide bonds. The summed E-state index contributed by atoms with van der Waals surface area (Å²) >= 11 is 0. The number of ether oxygens (including phenoxy) is 1. The maximum absolute atomic E-state index is 14.0. The molecule has 5 atom stereocenters. The Labute approximate surface area is 214 Å². The molecule has 0 saturated carbocycles. The summed E-state index contributed by atoms with van der Waals surface area (Å²) < 4.78 is 6.64. The van der Waals surface area contributed by atoms with Crippen LogP contribution in [0.4, 0.5) is 5.69 Å². The first kappa shape index (κ1) is 26.6. The number of benzene rings is 1. The van der Waals surface area contributed by atoms with Gasteiger partial charge in [0.15, 0.2) is 0 Å². The highest BCUT2D eigenvalue weighted by molar-refractivity contribution is 6.04. The number of unbranched alkanes of at least 4 members (excludes halogenated alkanes) is 3. The predicted octanol–water partition coefficient (Wildman–Crippen LogP) is 3.09. The summed E-state index contributed by atoms with van der Waals surface area (Å²) in [5.41, 5.74) is 0.943. The van der Waals surface area contributed by atoms with Crippen LogP contribution in [0.5, 0.6) is 0 Å². The Balaban J connectivity index is 1.66. The molecule has 3 fully saturated rings. The summed E-state index contributed by atoms with van der Waals surface area (Å²) in [4.78, 5) is 42.8. The molecule has 8 nitrogen and oxygen atoms in total. The Hall–Kier alpha value is -2.45. The van der Waals surface area contributed by atoms with Crippen LogP contribution in [0, 0.1) is 25.7 Å². The molecule has 2 bridgehead atoms. The minimum atomic E-state index is -1.01. The Morgan fingerprint density at radius 2 is 1.89 bits per heavy atom. The van der Waals surface area contributed by atoms with E-state index in [1.807, 2.05) is 45.9 Å². The number of likely N-dealkylation sites (tertiary alicyclic amines) is 1. The second-order valence-corrected chi connectivity index (χ2v) is 11.0. The first-order valence-corrected chi connectivity index (χ1v) is 13.5. The van der Waals surface area contributed by atoms with Crippen LogP contribution in [-0.4, -0.2) is 64.7 Å². The fourth-order valence-corrected chi connectivity index (χ4v) is 6.54. The average Bonchev–Trinajstić information content (AvgIpc) is 3.40. The van der Waals surface area contributed by atoms with Gasteiger partial charge in [-0.05, 0) is 70.1 Å². The quantitative estimate of drug-likeness (QED) is 0.406. The number of anilines is 1. The third-order valence-electron chi connectivity index (χ3n) is 8.31. The van der Waals surface area contributed by atoms with Gasteiger partial charge < -0.3 is 25.4 Å². The highest BCUT2D eigenvalue weighted by Crippen LogP contribution is 2.63. The van der Waals surface area contributed by atoms with Crippen molar-refractivity contribution in [1.29, 1.82) is 0 Å². The van der Waals surface area contributed by atoms with Crippen LogP contribution in [0.2, 0.25) is 0 Å². The molecule has 198 valence electrons. The zero-order valence-corrected chi connectivity index (χ0v) is 22.1. The second kappa shape index (κ2) is 10.5. The Kier molecular flexibility index (Phi) is 7.76. The van der Waals surface area contributed by atoms with Gasteiger partial charge in [0.1, 0.15) is 11.6 Å². The molecule has 1 spiro atoms. The number of aliphatic hydroxyl groups excluding tert-OH is 1. The Morgan fingerprint density at radius 1 is 1.14 bits per heavy atom. The van der Waals surface area contributed by atoms with Crippen LogP contribution in [0.3, 0.4) is 0 Å². The molecule has 36 heavy (non-hydrogen) atoms. The van der Waals surface area contributed by atoms with Crippen molar-refractivity contribution < 1.29 is 24.2 Å². The molecule has 8 heteroatoms. The molecule has 3 aliphatic rings. The van der Waals surface area contributed by atoms with Gasteiger partial charge >= 0.3 is 0 Å². The predicted molar refractivity (Wildman–Crippen MR) is 137 cm³/mol. The molecule has 1 aromatic rings. The summed E-state index contributed by atoms with van der Waals surface area (Å²) in [6.07, 6.45) is 5.18. The molecule has 4 rings (SSSR count). The van der Waals surface area contributed by atoms with Gasteiger partial charge in [0, 0.05) is 25.4 Å². The zero-order chi connectivity index (χ0) is 26.1. The number of amides is 3. The molecule has 3 saturated heterocycles. The number of aliphatic hydroxyl groups is 1. The van der Waals surface area contributed by atoms with Crippen molar-refractivity contribution in [3.8, 4) is 0 Å². The van der Waals surface area contributed by atoms with E-state index in [1.54, 1.807) is 4.90 Å². The van der Waals surface area contributed by atoms with Crippen molar-refractivity contribution in [2.24, 2.45) is 11.8 Å². The van der Waals surface area contributed by atoms with Gasteiger partial charge in [-0.25, -0.2) is 0 Å². The van der Waals surface area contributed by atoms with E-state index < -0.39 is 29.1 Å². The van der Waals surface area contributed by atoms with E-state index in [4.69, 9.17) is 9.84 Å². The van der Waals surface area contributed by atoms with Crippen molar-refractivity contribution in [3.05, 3.63) is 29.3 Å². The fourth-order valence-electron chi connectivity index (χ4n) is 6.54. The first-order chi connectivity index (χ1) is 17.2. The average molecular weight is 500 g/mol. The minimum absolute atomic E-state index is 0.148. The van der Waals surface area contributed by atoms with Crippen molar-refractivity contribution in [2.75, 3.05) is 25.0 Å². The van der Waals surface area contributed by atoms with Crippen LogP contribution in [0.1, 0.15) is 69.9 Å². The lowest BCUT2D eigenvalue weighted by molar-refractivity contribution is -0.144. The topological polar surface area (TPSA) is 108 Å². The molecule has 3 N–H and O–H groups in total. The van der Waals surface area contributed by atoms with Gasteiger partial charge in [0.25, 0.3) is 0 Å². The lowest BCUT2D eigenvalue weighted by atomic mass is 9.66. The first-order valence-electron chi connectivity index (χ1n) is 13.5. The number of carbonyl (C=O) groups is 3. The van der Waals surface area contributed by atoms with Gasteiger partial charge in [-0.3, -0.25) is 14.4 Å². The van der Waals surface area contributed by atoms with Gasteiger partial charge in [-0.2, -0.15) is 0 Å². The van der Waals surface area contributed by atoms with Gasteiger partial charge in [0.2, 0.25) is 17.7 Å². The van der Waals surface area contributed by atoms with Crippen LogP contribution in [0.15, 0.2) is 18.2 Å². The summed E-state index contributed by atoms with van der Waals surface area (Å²) in [7, 11) is 0. The largest absolute Gasteiger partial charge is 0.396 e. The van der Waals surface area contributed by atoms with Crippen LogP contribution >= 0.6 is 0 Å². The van der Waals surface area contributed by atoms with Crippen molar-refractivity contribution >= 4 is 23.4 Å². The number of carbonyl (C=O) groups excluding carboxylic acids is 3. The highest BCUT2D eigenvalue weighted by atomic mass is 16.5. The SMILES string of the molecule is CCCNC(=O)[C@H]1[C@H]2C(=O)N(CCCCCCO)C(C(=O)Nc3cc(C)ccc3C)C23CC[C@]1(C)O3. The van der Waals surface area contributed by atoms with Crippen molar-refractivity contribution in [2.45, 2.75) is 89.9 Å². The standard InChI is InChI=1S/C28H41N3O5/c1-5-14-29-24(33)21-22-26(35)31(15-8-6-7-9-16-32)23(28(22)13-12-27(21,4)36-28)25(34)30-20-17-18(2)10-11-19(20)3/h10-11,17,21-23,32H,5-9,12-16H2,1-4H3,(H,29,33)(H,30,34)/t21-,22+,23?,27+,28?/m1/s1. The number of hydrogen-bond donors (Lipinski definition) is 3. The molecule has 0 radical (unpaired) electrons. The Morgan fingerprint density at radius 3 is 2.61 bits per heavy atom. The van der Waals surface area contributed by atoms with Gasteiger partial charge in [-0.15, -0.1) is 0 Å². The fraction of sp³-hybridized carbons (Fsp3) is 0.679. The smallest absolute Gasteiger partial charge is 0.250 e. The number of fused-ring (bicyclic) bond motifs is 1. The zero-order valence-electron chi connectivity index (χ0n) is 22.1. The molecule has 3 heterocycles. The Bertz CT molecular complexity index is 1010.